The maximum Gasteiger partial charge on any atom is 0.0688 e. The lowest BCUT2D eigenvalue weighted by atomic mass is 10.0. The zero-order chi connectivity index (χ0) is 12.2. The third-order valence-electron chi connectivity index (χ3n) is 3.21. The van der Waals surface area contributed by atoms with Crippen LogP contribution in [0.15, 0.2) is 0 Å². The highest BCUT2D eigenvalue weighted by atomic mass is 16.3. The summed E-state index contributed by atoms with van der Waals surface area (Å²) in [6.45, 7) is 4.13. The summed E-state index contributed by atoms with van der Waals surface area (Å²) in [5, 5.41) is 9.50. The Morgan fingerprint density at radius 1 is 0.875 bits per heavy atom. The first-order valence-corrected chi connectivity index (χ1v) is 7.12. The predicted octanol–water partition coefficient (Wildman–Crippen LogP) is 3.62. The van der Waals surface area contributed by atoms with Crippen LogP contribution in [-0.4, -0.2) is 17.3 Å². The first kappa shape index (κ1) is 15.9. The van der Waals surface area contributed by atoms with Crippen LogP contribution in [0.1, 0.15) is 78.1 Å². The van der Waals surface area contributed by atoms with Gasteiger partial charge in [0.25, 0.3) is 0 Å². The third kappa shape index (κ3) is 10.4. The molecule has 0 rings (SSSR count). The smallest absolute Gasteiger partial charge is 0.0688 e. The Kier molecular flexibility index (Phi) is 11.3. The van der Waals surface area contributed by atoms with E-state index in [1.54, 1.807) is 0 Å². The Morgan fingerprint density at radius 2 is 1.31 bits per heavy atom. The molecule has 0 saturated carbocycles. The highest BCUT2D eigenvalue weighted by Gasteiger charge is 2.07. The fourth-order valence-corrected chi connectivity index (χ4v) is 1.93. The summed E-state index contributed by atoms with van der Waals surface area (Å²) in [6.07, 6.45) is 12.5. The number of hydrogen-bond acceptors (Lipinski definition) is 2. The van der Waals surface area contributed by atoms with Crippen molar-refractivity contribution < 1.29 is 5.11 Å². The number of rotatable bonds is 11. The van der Waals surface area contributed by atoms with E-state index in [2.05, 4.69) is 6.92 Å². The van der Waals surface area contributed by atoms with Crippen LogP contribution in [0.4, 0.5) is 0 Å². The van der Waals surface area contributed by atoms with Gasteiger partial charge < -0.3 is 10.8 Å². The van der Waals surface area contributed by atoms with E-state index in [1.807, 2.05) is 6.92 Å². The first-order chi connectivity index (χ1) is 7.68. The van der Waals surface area contributed by atoms with Crippen molar-refractivity contribution in [2.75, 3.05) is 0 Å². The molecule has 0 aliphatic rings. The van der Waals surface area contributed by atoms with Crippen molar-refractivity contribution >= 4 is 0 Å². The normalized spacial score (nSPS) is 15.0. The molecular formula is C14H31NO. The molecule has 0 aliphatic heterocycles. The van der Waals surface area contributed by atoms with Gasteiger partial charge >= 0.3 is 0 Å². The van der Waals surface area contributed by atoms with Gasteiger partial charge in [-0.15, -0.1) is 0 Å². The molecule has 0 spiro atoms. The molecule has 2 nitrogen and oxygen atoms in total. The lowest BCUT2D eigenvalue weighted by Crippen LogP contribution is -2.31. The zero-order valence-electron chi connectivity index (χ0n) is 11.3. The SMILES string of the molecule is CCCCCCCCCCC[C@H](O)[C@H](C)N. The molecule has 16 heavy (non-hydrogen) atoms. The number of aliphatic hydroxyl groups excluding tert-OH is 1. The highest BCUT2D eigenvalue weighted by molar-refractivity contribution is 4.65. The maximum atomic E-state index is 9.50. The van der Waals surface area contributed by atoms with Gasteiger partial charge in [0.1, 0.15) is 0 Å². The van der Waals surface area contributed by atoms with Crippen molar-refractivity contribution in [1.29, 1.82) is 0 Å². The van der Waals surface area contributed by atoms with Crippen molar-refractivity contribution in [2.45, 2.75) is 90.2 Å². The Bertz CT molecular complexity index is 137. The van der Waals surface area contributed by atoms with Gasteiger partial charge in [-0.3, -0.25) is 0 Å². The van der Waals surface area contributed by atoms with Crippen molar-refractivity contribution in [2.24, 2.45) is 5.73 Å². The van der Waals surface area contributed by atoms with E-state index in [0.29, 0.717) is 0 Å². The van der Waals surface area contributed by atoms with Crippen LogP contribution in [0.25, 0.3) is 0 Å². The molecule has 0 unspecified atom stereocenters. The average Bonchev–Trinajstić information content (AvgIpc) is 2.26. The molecule has 0 amide bonds. The molecule has 0 saturated heterocycles. The maximum absolute atomic E-state index is 9.50. The lowest BCUT2D eigenvalue weighted by Gasteiger charge is -2.13. The van der Waals surface area contributed by atoms with Gasteiger partial charge in [0.2, 0.25) is 0 Å². The lowest BCUT2D eigenvalue weighted by molar-refractivity contribution is 0.138. The van der Waals surface area contributed by atoms with Gasteiger partial charge in [-0.25, -0.2) is 0 Å². The summed E-state index contributed by atoms with van der Waals surface area (Å²) in [5.41, 5.74) is 5.59. The Balaban J connectivity index is 3.04. The largest absolute Gasteiger partial charge is 0.392 e. The average molecular weight is 229 g/mol. The molecule has 98 valence electrons. The molecule has 0 heterocycles. The Labute approximate surface area is 102 Å². The molecule has 0 aromatic rings. The number of hydrogen-bond donors (Lipinski definition) is 2. The highest BCUT2D eigenvalue weighted by Crippen LogP contribution is 2.11. The van der Waals surface area contributed by atoms with Crippen LogP contribution in [0.5, 0.6) is 0 Å². The predicted molar refractivity (Wildman–Crippen MR) is 71.5 cm³/mol. The monoisotopic (exact) mass is 229 g/mol. The standard InChI is InChI=1S/C14H31NO/c1-3-4-5-6-7-8-9-10-11-12-14(16)13(2)15/h13-14,16H,3-12,15H2,1-2H3/t13-,14-/m0/s1. The second-order valence-electron chi connectivity index (χ2n) is 5.04. The van der Waals surface area contributed by atoms with Crippen molar-refractivity contribution in [3.05, 3.63) is 0 Å². The Morgan fingerprint density at radius 3 is 1.75 bits per heavy atom. The molecule has 0 fully saturated rings. The molecule has 0 radical (unpaired) electrons. The van der Waals surface area contributed by atoms with E-state index < -0.39 is 0 Å². The first-order valence-electron chi connectivity index (χ1n) is 7.12. The van der Waals surface area contributed by atoms with E-state index in [-0.39, 0.29) is 12.1 Å². The Hall–Kier alpha value is -0.0800. The second-order valence-corrected chi connectivity index (χ2v) is 5.04. The van der Waals surface area contributed by atoms with E-state index >= 15 is 0 Å². The van der Waals surface area contributed by atoms with E-state index in [9.17, 15) is 5.11 Å². The summed E-state index contributed by atoms with van der Waals surface area (Å²) in [7, 11) is 0. The van der Waals surface area contributed by atoms with Gasteiger partial charge in [0, 0.05) is 6.04 Å². The molecule has 0 aromatic carbocycles. The van der Waals surface area contributed by atoms with Gasteiger partial charge in [-0.2, -0.15) is 0 Å². The summed E-state index contributed by atoms with van der Waals surface area (Å²) in [5.74, 6) is 0. The minimum atomic E-state index is -0.301. The molecular weight excluding hydrogens is 198 g/mol. The second kappa shape index (κ2) is 11.4. The number of unbranched alkanes of at least 4 members (excludes halogenated alkanes) is 8. The van der Waals surface area contributed by atoms with E-state index in [1.165, 1.54) is 51.4 Å². The number of nitrogens with two attached hydrogens (primary N) is 1. The van der Waals surface area contributed by atoms with Crippen LogP contribution in [-0.2, 0) is 0 Å². The fourth-order valence-electron chi connectivity index (χ4n) is 1.93. The summed E-state index contributed by atoms with van der Waals surface area (Å²) in [6, 6.07) is -0.0750. The molecule has 3 N–H and O–H groups in total. The molecule has 2 atom stereocenters. The fraction of sp³-hybridized carbons (Fsp3) is 1.00. The molecule has 2 heteroatoms. The third-order valence-corrected chi connectivity index (χ3v) is 3.21. The van der Waals surface area contributed by atoms with Crippen LogP contribution < -0.4 is 5.73 Å². The van der Waals surface area contributed by atoms with Crippen LogP contribution in [0, 0.1) is 0 Å². The van der Waals surface area contributed by atoms with Gasteiger partial charge in [-0.05, 0) is 13.3 Å². The minimum absolute atomic E-state index is 0.0750. The topological polar surface area (TPSA) is 46.2 Å². The summed E-state index contributed by atoms with van der Waals surface area (Å²) >= 11 is 0. The van der Waals surface area contributed by atoms with Gasteiger partial charge in [0.15, 0.2) is 0 Å². The summed E-state index contributed by atoms with van der Waals surface area (Å²) in [4.78, 5) is 0. The van der Waals surface area contributed by atoms with E-state index in [0.717, 1.165) is 12.8 Å². The van der Waals surface area contributed by atoms with E-state index in [4.69, 9.17) is 5.73 Å². The van der Waals surface area contributed by atoms with Crippen LogP contribution in [0.2, 0.25) is 0 Å². The quantitative estimate of drug-likeness (QED) is 0.532. The van der Waals surface area contributed by atoms with Crippen molar-refractivity contribution in [3.63, 3.8) is 0 Å². The molecule has 0 aliphatic carbocycles. The summed E-state index contributed by atoms with van der Waals surface area (Å²) < 4.78 is 0. The zero-order valence-corrected chi connectivity index (χ0v) is 11.3. The van der Waals surface area contributed by atoms with Crippen LogP contribution >= 0.6 is 0 Å². The van der Waals surface area contributed by atoms with Gasteiger partial charge in [0.05, 0.1) is 6.10 Å². The van der Waals surface area contributed by atoms with Gasteiger partial charge in [-0.1, -0.05) is 64.7 Å². The molecule has 0 bridgehead atoms. The molecule has 0 aromatic heterocycles. The minimum Gasteiger partial charge on any atom is -0.392 e. The number of aliphatic hydroxyl groups is 1. The van der Waals surface area contributed by atoms with Crippen molar-refractivity contribution in [1.82, 2.24) is 0 Å². The van der Waals surface area contributed by atoms with Crippen LogP contribution in [0.3, 0.4) is 0 Å². The van der Waals surface area contributed by atoms with Crippen molar-refractivity contribution in [3.8, 4) is 0 Å².